The zero-order valence-corrected chi connectivity index (χ0v) is 15.6. The lowest BCUT2D eigenvalue weighted by Crippen LogP contribution is -2.31. The summed E-state index contributed by atoms with van der Waals surface area (Å²) in [6.45, 7) is 1.77. The van der Waals surface area contributed by atoms with E-state index in [2.05, 4.69) is 21.5 Å². The number of hydrogen-bond acceptors (Lipinski definition) is 5. The Bertz CT molecular complexity index is 1160. The fourth-order valence-electron chi connectivity index (χ4n) is 3.27. The highest BCUT2D eigenvalue weighted by Crippen LogP contribution is 2.36. The zero-order chi connectivity index (χ0) is 19.8. The average molecular weight is 391 g/mol. The van der Waals surface area contributed by atoms with Crippen molar-refractivity contribution in [2.45, 2.75) is 13.0 Å². The number of nitriles is 1. The Morgan fingerprint density at radius 1 is 1.25 bits per heavy atom. The van der Waals surface area contributed by atoms with Gasteiger partial charge in [0.15, 0.2) is 5.82 Å². The average Bonchev–Trinajstić information content (AvgIpc) is 3.10. The Balaban J connectivity index is 1.89. The highest BCUT2D eigenvalue weighted by molar-refractivity contribution is 6.33. The monoisotopic (exact) mass is 390 g/mol. The minimum atomic E-state index is -0.565. The van der Waals surface area contributed by atoms with Crippen LogP contribution in [-0.4, -0.2) is 20.7 Å². The summed E-state index contributed by atoms with van der Waals surface area (Å²) in [5, 5.41) is 17.3. The maximum Gasteiger partial charge on any atom is 0.248 e. The van der Waals surface area contributed by atoms with Crippen LogP contribution in [0.4, 0.5) is 5.95 Å². The third-order valence-electron chi connectivity index (χ3n) is 4.59. The number of carbonyl (C=O) groups excluding carboxylic acids is 1. The number of aromatic nitrogens is 3. The van der Waals surface area contributed by atoms with E-state index in [0.29, 0.717) is 39.2 Å². The van der Waals surface area contributed by atoms with Gasteiger partial charge in [-0.15, -0.1) is 5.10 Å². The van der Waals surface area contributed by atoms with Gasteiger partial charge in [0.2, 0.25) is 11.9 Å². The summed E-state index contributed by atoms with van der Waals surface area (Å²) >= 11 is 6.29. The Hall–Kier alpha value is -3.63. The van der Waals surface area contributed by atoms with E-state index >= 15 is 0 Å². The topological polar surface area (TPSA) is 110 Å². The third-order valence-corrected chi connectivity index (χ3v) is 4.92. The number of nitrogens with two attached hydrogens (primary N) is 1. The first-order valence-electron chi connectivity index (χ1n) is 8.48. The predicted molar refractivity (Wildman–Crippen MR) is 105 cm³/mol. The van der Waals surface area contributed by atoms with Crippen molar-refractivity contribution in [1.29, 1.82) is 5.26 Å². The van der Waals surface area contributed by atoms with Crippen molar-refractivity contribution in [2.75, 3.05) is 5.32 Å². The smallest absolute Gasteiger partial charge is 0.248 e. The molecule has 0 saturated heterocycles. The zero-order valence-electron chi connectivity index (χ0n) is 14.8. The molecule has 0 bridgehead atoms. The number of carbonyl (C=O) groups is 1. The van der Waals surface area contributed by atoms with E-state index in [1.807, 2.05) is 18.2 Å². The summed E-state index contributed by atoms with van der Waals surface area (Å²) < 4.78 is 1.62. The van der Waals surface area contributed by atoms with Gasteiger partial charge < -0.3 is 11.1 Å². The highest BCUT2D eigenvalue weighted by atomic mass is 35.5. The second-order valence-electron chi connectivity index (χ2n) is 6.35. The number of fused-ring (bicyclic) bond motifs is 1. The molecule has 1 aliphatic heterocycles. The SMILES string of the molecule is CC1=C(C(N)=O)[C@@H](c2ccc(C#N)cc2)n2nc(-c3ccccc3Cl)nc2N1. The van der Waals surface area contributed by atoms with Crippen LogP contribution in [0.15, 0.2) is 59.8 Å². The molecule has 28 heavy (non-hydrogen) atoms. The van der Waals surface area contributed by atoms with E-state index in [0.717, 1.165) is 5.56 Å². The first-order valence-corrected chi connectivity index (χ1v) is 8.86. The van der Waals surface area contributed by atoms with Gasteiger partial charge in [0.1, 0.15) is 6.04 Å². The molecule has 0 fully saturated rings. The molecule has 1 atom stereocenters. The molecule has 0 aliphatic carbocycles. The van der Waals surface area contributed by atoms with Crippen LogP contribution in [-0.2, 0) is 4.79 Å². The standard InChI is InChI=1S/C20H15ClN6O/c1-11-16(18(23)28)17(13-8-6-12(10-22)7-9-13)27-20(24-11)25-19(26-27)14-4-2-3-5-15(14)21/h2-9,17H,1H3,(H2,23,28)(H,24,25,26)/t17-/m1/s1. The molecular formula is C20H15ClN6O. The summed E-state index contributed by atoms with van der Waals surface area (Å²) in [4.78, 5) is 16.8. The van der Waals surface area contributed by atoms with Gasteiger partial charge >= 0.3 is 0 Å². The Morgan fingerprint density at radius 3 is 2.61 bits per heavy atom. The van der Waals surface area contributed by atoms with Crippen LogP contribution in [0.25, 0.3) is 11.4 Å². The second kappa shape index (κ2) is 6.83. The van der Waals surface area contributed by atoms with Crippen LogP contribution in [0.5, 0.6) is 0 Å². The predicted octanol–water partition coefficient (Wildman–Crippen LogP) is 3.24. The summed E-state index contributed by atoms with van der Waals surface area (Å²) in [6.07, 6.45) is 0. The molecule has 2 aromatic carbocycles. The summed E-state index contributed by atoms with van der Waals surface area (Å²) in [7, 11) is 0. The fraction of sp³-hybridized carbons (Fsp3) is 0.100. The van der Waals surface area contributed by atoms with E-state index in [-0.39, 0.29) is 0 Å². The highest BCUT2D eigenvalue weighted by Gasteiger charge is 2.33. The molecule has 0 saturated carbocycles. The van der Waals surface area contributed by atoms with E-state index in [4.69, 9.17) is 22.6 Å². The number of hydrogen-bond donors (Lipinski definition) is 2. The first-order chi connectivity index (χ1) is 13.5. The molecule has 1 aliphatic rings. The molecule has 8 heteroatoms. The van der Waals surface area contributed by atoms with E-state index in [9.17, 15) is 4.79 Å². The third kappa shape index (κ3) is 2.90. The van der Waals surface area contributed by atoms with Crippen LogP contribution < -0.4 is 11.1 Å². The minimum Gasteiger partial charge on any atom is -0.366 e. The van der Waals surface area contributed by atoms with Crippen molar-refractivity contribution in [3.63, 3.8) is 0 Å². The molecule has 4 rings (SSSR count). The summed E-state index contributed by atoms with van der Waals surface area (Å²) in [5.74, 6) is 0.358. The molecule has 1 aromatic heterocycles. The molecule has 2 heterocycles. The molecule has 0 unspecified atom stereocenters. The van der Waals surface area contributed by atoms with Crippen molar-refractivity contribution in [2.24, 2.45) is 5.73 Å². The van der Waals surface area contributed by atoms with E-state index in [1.165, 1.54) is 0 Å². The number of halogens is 1. The molecule has 7 nitrogen and oxygen atoms in total. The number of benzene rings is 2. The Kier molecular flexibility index (Phi) is 4.34. The lowest BCUT2D eigenvalue weighted by atomic mass is 9.95. The van der Waals surface area contributed by atoms with Gasteiger partial charge in [0.25, 0.3) is 0 Å². The lowest BCUT2D eigenvalue weighted by Gasteiger charge is -2.27. The lowest BCUT2D eigenvalue weighted by molar-refractivity contribution is -0.115. The first kappa shape index (κ1) is 17.8. The number of amides is 1. The Labute approximate surface area is 166 Å². The van der Waals surface area contributed by atoms with Crippen LogP contribution >= 0.6 is 11.6 Å². The van der Waals surface area contributed by atoms with Gasteiger partial charge in [0, 0.05) is 11.3 Å². The summed E-state index contributed by atoms with van der Waals surface area (Å²) in [6, 6.07) is 15.7. The summed E-state index contributed by atoms with van der Waals surface area (Å²) in [5.41, 5.74) is 8.63. The van der Waals surface area contributed by atoms with Crippen molar-refractivity contribution < 1.29 is 4.79 Å². The number of nitrogens with zero attached hydrogens (tertiary/aromatic N) is 4. The maximum absolute atomic E-state index is 12.2. The van der Waals surface area contributed by atoms with Crippen LogP contribution in [0.1, 0.15) is 24.1 Å². The van der Waals surface area contributed by atoms with E-state index in [1.54, 1.807) is 41.9 Å². The van der Waals surface area contributed by atoms with Crippen LogP contribution in [0, 0.1) is 11.3 Å². The number of allylic oxidation sites excluding steroid dienone is 1. The molecule has 0 spiro atoms. The molecular weight excluding hydrogens is 376 g/mol. The molecule has 3 N–H and O–H groups in total. The van der Waals surface area contributed by atoms with Gasteiger partial charge in [-0.1, -0.05) is 35.9 Å². The van der Waals surface area contributed by atoms with Gasteiger partial charge in [-0.2, -0.15) is 10.2 Å². The van der Waals surface area contributed by atoms with Crippen LogP contribution in [0.3, 0.4) is 0 Å². The number of anilines is 1. The van der Waals surface area contributed by atoms with Crippen molar-refractivity contribution in [1.82, 2.24) is 14.8 Å². The molecule has 138 valence electrons. The van der Waals surface area contributed by atoms with Gasteiger partial charge in [-0.05, 0) is 36.8 Å². The molecule has 3 aromatic rings. The second-order valence-corrected chi connectivity index (χ2v) is 6.75. The number of primary amides is 1. The van der Waals surface area contributed by atoms with Gasteiger partial charge in [0.05, 0.1) is 22.2 Å². The van der Waals surface area contributed by atoms with Gasteiger partial charge in [-0.25, -0.2) is 4.68 Å². The molecule has 1 amide bonds. The fourth-order valence-corrected chi connectivity index (χ4v) is 3.50. The number of nitrogens with one attached hydrogen (secondary N) is 1. The van der Waals surface area contributed by atoms with Gasteiger partial charge in [-0.3, -0.25) is 4.79 Å². The maximum atomic E-state index is 12.2. The Morgan fingerprint density at radius 2 is 1.96 bits per heavy atom. The molecule has 0 radical (unpaired) electrons. The van der Waals surface area contributed by atoms with Crippen LogP contribution in [0.2, 0.25) is 5.02 Å². The largest absolute Gasteiger partial charge is 0.366 e. The number of rotatable bonds is 3. The minimum absolute atomic E-state index is 0.382. The van der Waals surface area contributed by atoms with Crippen molar-refractivity contribution >= 4 is 23.5 Å². The quantitative estimate of drug-likeness (QED) is 0.713. The van der Waals surface area contributed by atoms with Crippen molar-refractivity contribution in [3.05, 3.63) is 76.0 Å². The normalized spacial score (nSPS) is 15.5. The van der Waals surface area contributed by atoms with E-state index < -0.39 is 11.9 Å². The van der Waals surface area contributed by atoms with Crippen molar-refractivity contribution in [3.8, 4) is 17.5 Å².